The Bertz CT molecular complexity index is 794. The molecule has 0 saturated heterocycles. The Hall–Kier alpha value is -3.29. The summed E-state index contributed by atoms with van der Waals surface area (Å²) in [7, 11) is 0. The highest BCUT2D eigenvalue weighted by Crippen LogP contribution is 2.32. The van der Waals surface area contributed by atoms with Crippen molar-refractivity contribution in [3.63, 3.8) is 0 Å². The Kier molecular flexibility index (Phi) is 4.69. The van der Waals surface area contributed by atoms with Crippen LogP contribution >= 0.6 is 0 Å². The highest BCUT2D eigenvalue weighted by molar-refractivity contribution is 5.96. The number of nitrogens with one attached hydrogen (secondary N) is 2. The molecule has 7 nitrogen and oxygen atoms in total. The van der Waals surface area contributed by atoms with Gasteiger partial charge in [-0.3, -0.25) is 20.4 Å². The molecule has 0 bridgehead atoms. The monoisotopic (exact) mass is 346 g/mol. The maximum Gasteiger partial charge on any atom is 0.279 e. The molecule has 0 radical (unpaired) electrons. The standard InChI is InChI=1S/C17H15FN2O5/c1-10(25-13-5-3-12(18)4-6-13)16(21)19-20-17(22)11-2-7-14-15(8-11)24-9-23-14/h2-8,10H,9H2,1H3,(H,19,21)(H,20,22)/t10-/m0/s1. The van der Waals surface area contributed by atoms with E-state index in [9.17, 15) is 14.0 Å². The number of ether oxygens (including phenoxy) is 3. The molecule has 3 rings (SSSR count). The van der Waals surface area contributed by atoms with Gasteiger partial charge in [-0.15, -0.1) is 0 Å². The minimum atomic E-state index is -0.887. The van der Waals surface area contributed by atoms with Crippen molar-refractivity contribution < 1.29 is 28.2 Å². The smallest absolute Gasteiger partial charge is 0.279 e. The number of halogens is 1. The fourth-order valence-corrected chi connectivity index (χ4v) is 2.10. The Morgan fingerprint density at radius 3 is 2.56 bits per heavy atom. The zero-order valence-corrected chi connectivity index (χ0v) is 13.2. The van der Waals surface area contributed by atoms with Crippen LogP contribution in [-0.2, 0) is 4.79 Å². The SMILES string of the molecule is C[C@H](Oc1ccc(F)cc1)C(=O)NNC(=O)c1ccc2c(c1)OCO2. The van der Waals surface area contributed by atoms with E-state index in [2.05, 4.69) is 10.9 Å². The van der Waals surface area contributed by atoms with Gasteiger partial charge in [0.2, 0.25) is 6.79 Å². The normalized spacial score (nSPS) is 13.0. The van der Waals surface area contributed by atoms with Gasteiger partial charge in [-0.05, 0) is 49.4 Å². The van der Waals surface area contributed by atoms with Gasteiger partial charge in [0, 0.05) is 5.56 Å². The molecule has 2 aromatic carbocycles. The maximum absolute atomic E-state index is 12.8. The van der Waals surface area contributed by atoms with Crippen LogP contribution < -0.4 is 25.1 Å². The van der Waals surface area contributed by atoms with E-state index < -0.39 is 23.7 Å². The fourth-order valence-electron chi connectivity index (χ4n) is 2.10. The average Bonchev–Trinajstić information content (AvgIpc) is 3.08. The highest BCUT2D eigenvalue weighted by atomic mass is 19.1. The van der Waals surface area contributed by atoms with E-state index in [-0.39, 0.29) is 6.79 Å². The third-order valence-corrected chi connectivity index (χ3v) is 3.43. The van der Waals surface area contributed by atoms with Gasteiger partial charge in [0.05, 0.1) is 0 Å². The zero-order chi connectivity index (χ0) is 17.8. The van der Waals surface area contributed by atoms with Crippen LogP contribution in [0.1, 0.15) is 17.3 Å². The fraction of sp³-hybridized carbons (Fsp3) is 0.176. The largest absolute Gasteiger partial charge is 0.481 e. The van der Waals surface area contributed by atoms with E-state index in [1.54, 1.807) is 12.1 Å². The summed E-state index contributed by atoms with van der Waals surface area (Å²) in [5.74, 6) is -0.112. The number of benzene rings is 2. The summed E-state index contributed by atoms with van der Waals surface area (Å²) < 4.78 is 28.6. The number of amides is 2. The number of carbonyl (C=O) groups excluding carboxylic acids is 2. The first kappa shape index (κ1) is 16.6. The van der Waals surface area contributed by atoms with Gasteiger partial charge in [-0.1, -0.05) is 0 Å². The molecule has 0 fully saturated rings. The lowest BCUT2D eigenvalue weighted by molar-refractivity contribution is -0.128. The average molecular weight is 346 g/mol. The highest BCUT2D eigenvalue weighted by Gasteiger charge is 2.18. The van der Waals surface area contributed by atoms with Gasteiger partial charge in [0.1, 0.15) is 11.6 Å². The summed E-state index contributed by atoms with van der Waals surface area (Å²) in [6.07, 6.45) is -0.887. The molecule has 0 aromatic heterocycles. The van der Waals surface area contributed by atoms with E-state index in [0.29, 0.717) is 22.8 Å². The molecule has 1 heterocycles. The first-order valence-corrected chi connectivity index (χ1v) is 7.45. The molecule has 0 saturated carbocycles. The van der Waals surface area contributed by atoms with Gasteiger partial charge >= 0.3 is 0 Å². The first-order valence-electron chi connectivity index (χ1n) is 7.45. The summed E-state index contributed by atoms with van der Waals surface area (Å²) in [5.41, 5.74) is 4.86. The van der Waals surface area contributed by atoms with Gasteiger partial charge in [0.15, 0.2) is 17.6 Å². The lowest BCUT2D eigenvalue weighted by atomic mass is 10.2. The summed E-state index contributed by atoms with van der Waals surface area (Å²) in [6, 6.07) is 9.94. The second kappa shape index (κ2) is 7.08. The van der Waals surface area contributed by atoms with Gasteiger partial charge < -0.3 is 14.2 Å². The minimum Gasteiger partial charge on any atom is -0.481 e. The summed E-state index contributed by atoms with van der Waals surface area (Å²) in [5, 5.41) is 0. The van der Waals surface area contributed by atoms with Crippen molar-refractivity contribution >= 4 is 11.8 Å². The van der Waals surface area contributed by atoms with Crippen LogP contribution in [0.5, 0.6) is 17.2 Å². The second-order valence-corrected chi connectivity index (χ2v) is 5.23. The molecule has 1 aliphatic heterocycles. The van der Waals surface area contributed by atoms with Crippen molar-refractivity contribution in [1.82, 2.24) is 10.9 Å². The van der Waals surface area contributed by atoms with Crippen LogP contribution in [0, 0.1) is 5.82 Å². The zero-order valence-electron chi connectivity index (χ0n) is 13.2. The Labute approximate surface area is 142 Å². The van der Waals surface area contributed by atoms with E-state index in [0.717, 1.165) is 0 Å². The molecule has 1 aliphatic rings. The van der Waals surface area contributed by atoms with Crippen LogP contribution in [0.2, 0.25) is 0 Å². The quantitative estimate of drug-likeness (QED) is 0.825. The van der Waals surface area contributed by atoms with Gasteiger partial charge in [-0.25, -0.2) is 4.39 Å². The summed E-state index contributed by atoms with van der Waals surface area (Å²) in [4.78, 5) is 24.0. The van der Waals surface area contributed by atoms with Crippen LogP contribution in [-0.4, -0.2) is 24.7 Å². The number of hydrazine groups is 1. The summed E-state index contributed by atoms with van der Waals surface area (Å²) >= 11 is 0. The Morgan fingerprint density at radius 1 is 1.08 bits per heavy atom. The molecule has 2 aromatic rings. The molecular formula is C17H15FN2O5. The molecule has 0 spiro atoms. The maximum atomic E-state index is 12.8. The minimum absolute atomic E-state index is 0.107. The third kappa shape index (κ3) is 3.97. The lowest BCUT2D eigenvalue weighted by Gasteiger charge is -2.15. The summed E-state index contributed by atoms with van der Waals surface area (Å²) in [6.45, 7) is 1.61. The van der Waals surface area contributed by atoms with Crippen molar-refractivity contribution in [3.8, 4) is 17.2 Å². The van der Waals surface area contributed by atoms with Crippen LogP contribution in [0.25, 0.3) is 0 Å². The first-order chi connectivity index (χ1) is 12.0. The van der Waals surface area contributed by atoms with E-state index in [4.69, 9.17) is 14.2 Å². The van der Waals surface area contributed by atoms with Crippen molar-refractivity contribution in [1.29, 1.82) is 0 Å². The predicted molar refractivity (Wildman–Crippen MR) is 84.7 cm³/mol. The molecule has 0 aliphatic carbocycles. The van der Waals surface area contributed by atoms with Crippen molar-refractivity contribution in [3.05, 3.63) is 53.8 Å². The second-order valence-electron chi connectivity index (χ2n) is 5.23. The Balaban J connectivity index is 1.52. The lowest BCUT2D eigenvalue weighted by Crippen LogP contribution is -2.47. The molecule has 2 amide bonds. The molecule has 8 heteroatoms. The molecule has 25 heavy (non-hydrogen) atoms. The molecule has 1 atom stereocenters. The van der Waals surface area contributed by atoms with Crippen molar-refractivity contribution in [2.45, 2.75) is 13.0 Å². The van der Waals surface area contributed by atoms with Crippen molar-refractivity contribution in [2.24, 2.45) is 0 Å². The van der Waals surface area contributed by atoms with Crippen LogP contribution in [0.15, 0.2) is 42.5 Å². The van der Waals surface area contributed by atoms with Crippen LogP contribution in [0.4, 0.5) is 4.39 Å². The van der Waals surface area contributed by atoms with E-state index in [1.165, 1.54) is 37.3 Å². The number of carbonyl (C=O) groups is 2. The third-order valence-electron chi connectivity index (χ3n) is 3.43. The van der Waals surface area contributed by atoms with Crippen molar-refractivity contribution in [2.75, 3.05) is 6.79 Å². The van der Waals surface area contributed by atoms with E-state index in [1.807, 2.05) is 0 Å². The Morgan fingerprint density at radius 2 is 1.80 bits per heavy atom. The number of hydrogen-bond acceptors (Lipinski definition) is 5. The molecule has 2 N–H and O–H groups in total. The molecular weight excluding hydrogens is 331 g/mol. The molecule has 0 unspecified atom stereocenters. The van der Waals surface area contributed by atoms with E-state index >= 15 is 0 Å². The number of rotatable bonds is 4. The van der Waals surface area contributed by atoms with Gasteiger partial charge in [0.25, 0.3) is 11.8 Å². The number of fused-ring (bicyclic) bond motifs is 1. The number of hydrogen-bond donors (Lipinski definition) is 2. The predicted octanol–water partition coefficient (Wildman–Crippen LogP) is 1.78. The molecule has 130 valence electrons. The van der Waals surface area contributed by atoms with Crippen LogP contribution in [0.3, 0.4) is 0 Å². The topological polar surface area (TPSA) is 85.9 Å². The van der Waals surface area contributed by atoms with Gasteiger partial charge in [-0.2, -0.15) is 0 Å².